The quantitative estimate of drug-likeness (QED) is 0.793. The molecule has 19 heavy (non-hydrogen) atoms. The number of rotatable bonds is 8. The maximum Gasteiger partial charge on any atom is 0.110 e. The topological polar surface area (TPSA) is 29.9 Å². The first kappa shape index (κ1) is 16.6. The molecule has 1 aromatic heterocycles. The van der Waals surface area contributed by atoms with Gasteiger partial charge in [-0.15, -0.1) is 0 Å². The molecule has 0 amide bonds. The lowest BCUT2D eigenvalue weighted by atomic mass is 10.2. The van der Waals surface area contributed by atoms with E-state index in [-0.39, 0.29) is 0 Å². The Labute approximate surface area is 122 Å². The van der Waals surface area contributed by atoms with Crippen molar-refractivity contribution < 1.29 is 0 Å². The third-order valence-electron chi connectivity index (χ3n) is 2.97. The second-order valence-electron chi connectivity index (χ2n) is 5.91. The highest BCUT2D eigenvalue weighted by molar-refractivity contribution is 8.00. The average molecular weight is 283 g/mol. The van der Waals surface area contributed by atoms with Gasteiger partial charge in [0.25, 0.3) is 0 Å². The van der Waals surface area contributed by atoms with Crippen molar-refractivity contribution in [2.75, 3.05) is 12.3 Å². The summed E-state index contributed by atoms with van der Waals surface area (Å²) in [4.78, 5) is 4.49. The van der Waals surface area contributed by atoms with E-state index >= 15 is 0 Å². The predicted octanol–water partition coefficient (Wildman–Crippen LogP) is 3.35. The van der Waals surface area contributed by atoms with Crippen molar-refractivity contribution >= 4 is 11.8 Å². The minimum absolute atomic E-state index is 0.326. The Morgan fingerprint density at radius 1 is 1.37 bits per heavy atom. The van der Waals surface area contributed by atoms with Crippen molar-refractivity contribution in [3.63, 3.8) is 0 Å². The molecule has 0 aliphatic carbocycles. The molecule has 3 nitrogen and oxygen atoms in total. The number of hydrogen-bond acceptors (Lipinski definition) is 3. The first-order valence-electron chi connectivity index (χ1n) is 7.33. The van der Waals surface area contributed by atoms with E-state index in [1.807, 2.05) is 18.0 Å². The molecular formula is C15H29N3S. The van der Waals surface area contributed by atoms with E-state index in [1.54, 1.807) is 0 Å². The molecule has 1 rings (SSSR count). The molecule has 0 bridgehead atoms. The zero-order valence-corrected chi connectivity index (χ0v) is 13.9. The van der Waals surface area contributed by atoms with E-state index in [0.29, 0.717) is 10.8 Å². The van der Waals surface area contributed by atoms with Crippen molar-refractivity contribution in [2.24, 2.45) is 0 Å². The number of aromatic nitrogens is 2. The molecule has 0 saturated carbocycles. The second-order valence-corrected chi connectivity index (χ2v) is 7.75. The minimum Gasteiger partial charge on any atom is -0.335 e. The predicted molar refractivity (Wildman–Crippen MR) is 85.9 cm³/mol. The van der Waals surface area contributed by atoms with E-state index in [9.17, 15) is 0 Å². The molecule has 0 fully saturated rings. The van der Waals surface area contributed by atoms with Gasteiger partial charge >= 0.3 is 0 Å². The fourth-order valence-electron chi connectivity index (χ4n) is 1.93. The van der Waals surface area contributed by atoms with Crippen LogP contribution < -0.4 is 5.32 Å². The van der Waals surface area contributed by atoms with Gasteiger partial charge in [0, 0.05) is 41.9 Å². The van der Waals surface area contributed by atoms with E-state index < -0.39 is 0 Å². The molecule has 0 aromatic carbocycles. The maximum atomic E-state index is 4.49. The van der Waals surface area contributed by atoms with Crippen LogP contribution in [0.2, 0.25) is 0 Å². The lowest BCUT2D eigenvalue weighted by molar-refractivity contribution is 0.524. The van der Waals surface area contributed by atoms with Gasteiger partial charge in [-0.3, -0.25) is 0 Å². The minimum atomic E-state index is 0.326. The van der Waals surface area contributed by atoms with Gasteiger partial charge in [0.1, 0.15) is 5.82 Å². The Kier molecular flexibility index (Phi) is 6.94. The Morgan fingerprint density at radius 3 is 2.68 bits per heavy atom. The first-order valence-corrected chi connectivity index (χ1v) is 8.32. The van der Waals surface area contributed by atoms with Crippen LogP contribution in [0.25, 0.3) is 0 Å². The number of nitrogens with zero attached hydrogens (tertiary/aromatic N) is 2. The Balaban J connectivity index is 2.58. The monoisotopic (exact) mass is 283 g/mol. The standard InChI is InChI=1S/C15H29N3S/c1-6-8-16-13(12-19-15(3,4)5)11-14-17-9-10-18(14)7-2/h9-10,13,16H,6-8,11-12H2,1-5H3. The van der Waals surface area contributed by atoms with Gasteiger partial charge in [-0.25, -0.2) is 4.98 Å². The van der Waals surface area contributed by atoms with Crippen molar-refractivity contribution in [3.05, 3.63) is 18.2 Å². The zero-order chi connectivity index (χ0) is 14.3. The summed E-state index contributed by atoms with van der Waals surface area (Å²) in [7, 11) is 0. The van der Waals surface area contributed by atoms with Gasteiger partial charge in [0.2, 0.25) is 0 Å². The highest BCUT2D eigenvalue weighted by atomic mass is 32.2. The summed E-state index contributed by atoms with van der Waals surface area (Å²) in [6, 6.07) is 0.511. The van der Waals surface area contributed by atoms with Gasteiger partial charge in [-0.1, -0.05) is 27.7 Å². The zero-order valence-electron chi connectivity index (χ0n) is 13.1. The molecule has 4 heteroatoms. The van der Waals surface area contributed by atoms with Gasteiger partial charge in [0.05, 0.1) is 0 Å². The van der Waals surface area contributed by atoms with E-state index in [4.69, 9.17) is 0 Å². The van der Waals surface area contributed by atoms with Crippen LogP contribution in [0.4, 0.5) is 0 Å². The van der Waals surface area contributed by atoms with Crippen LogP contribution in [-0.2, 0) is 13.0 Å². The number of nitrogens with one attached hydrogen (secondary N) is 1. The summed E-state index contributed by atoms with van der Waals surface area (Å²) in [5, 5.41) is 3.66. The lowest BCUT2D eigenvalue weighted by Crippen LogP contribution is -2.36. The summed E-state index contributed by atoms with van der Waals surface area (Å²) in [6.45, 7) is 13.3. The molecule has 0 aliphatic heterocycles. The Hall–Kier alpha value is -0.480. The highest BCUT2D eigenvalue weighted by Gasteiger charge is 2.17. The van der Waals surface area contributed by atoms with Crippen molar-refractivity contribution in [2.45, 2.75) is 64.8 Å². The van der Waals surface area contributed by atoms with Crippen LogP contribution in [0, 0.1) is 0 Å². The van der Waals surface area contributed by atoms with Crippen LogP contribution in [-0.4, -0.2) is 32.6 Å². The van der Waals surface area contributed by atoms with Crippen LogP contribution in [0.1, 0.15) is 46.9 Å². The Bertz CT molecular complexity index is 355. The van der Waals surface area contributed by atoms with Gasteiger partial charge < -0.3 is 9.88 Å². The molecular weight excluding hydrogens is 254 g/mol. The van der Waals surface area contributed by atoms with Crippen molar-refractivity contribution in [1.82, 2.24) is 14.9 Å². The summed E-state index contributed by atoms with van der Waals surface area (Å²) in [5.74, 6) is 2.34. The maximum absolute atomic E-state index is 4.49. The first-order chi connectivity index (χ1) is 8.96. The summed E-state index contributed by atoms with van der Waals surface area (Å²) < 4.78 is 2.56. The molecule has 110 valence electrons. The third kappa shape index (κ3) is 6.48. The SMILES string of the molecule is CCCNC(CSC(C)(C)C)Cc1nccn1CC. The fourth-order valence-corrected chi connectivity index (χ4v) is 2.86. The van der Waals surface area contributed by atoms with E-state index in [0.717, 1.165) is 25.3 Å². The van der Waals surface area contributed by atoms with Gasteiger partial charge in [-0.2, -0.15) is 11.8 Å². The normalized spacial score (nSPS) is 13.7. The fraction of sp³-hybridized carbons (Fsp3) is 0.800. The van der Waals surface area contributed by atoms with Crippen LogP contribution in [0.3, 0.4) is 0 Å². The summed E-state index contributed by atoms with van der Waals surface area (Å²) in [5.41, 5.74) is 0. The molecule has 0 saturated heterocycles. The average Bonchev–Trinajstić information content (AvgIpc) is 2.78. The Morgan fingerprint density at radius 2 is 2.11 bits per heavy atom. The van der Waals surface area contributed by atoms with Gasteiger partial charge in [-0.05, 0) is 19.9 Å². The van der Waals surface area contributed by atoms with Crippen molar-refractivity contribution in [3.8, 4) is 0 Å². The summed E-state index contributed by atoms with van der Waals surface area (Å²) in [6.07, 6.45) is 6.18. The molecule has 0 radical (unpaired) electrons. The molecule has 0 aliphatic rings. The van der Waals surface area contributed by atoms with Crippen molar-refractivity contribution in [1.29, 1.82) is 0 Å². The largest absolute Gasteiger partial charge is 0.335 e. The molecule has 1 N–H and O–H groups in total. The lowest BCUT2D eigenvalue weighted by Gasteiger charge is -2.24. The number of imidazole rings is 1. The van der Waals surface area contributed by atoms with Crippen LogP contribution >= 0.6 is 11.8 Å². The third-order valence-corrected chi connectivity index (χ3v) is 4.41. The smallest absolute Gasteiger partial charge is 0.110 e. The van der Waals surface area contributed by atoms with E-state index in [1.165, 1.54) is 12.2 Å². The second kappa shape index (κ2) is 7.95. The number of hydrogen-bond donors (Lipinski definition) is 1. The molecule has 0 spiro atoms. The summed E-state index contributed by atoms with van der Waals surface area (Å²) >= 11 is 2.03. The molecule has 1 aromatic rings. The van der Waals surface area contributed by atoms with Gasteiger partial charge in [0.15, 0.2) is 0 Å². The van der Waals surface area contributed by atoms with Crippen LogP contribution in [0.5, 0.6) is 0 Å². The molecule has 1 atom stereocenters. The van der Waals surface area contributed by atoms with Crippen LogP contribution in [0.15, 0.2) is 12.4 Å². The molecule has 1 unspecified atom stereocenters. The van der Waals surface area contributed by atoms with E-state index in [2.05, 4.69) is 55.7 Å². The highest BCUT2D eigenvalue weighted by Crippen LogP contribution is 2.24. The molecule has 1 heterocycles. The number of aryl methyl sites for hydroxylation is 1. The number of thioether (sulfide) groups is 1.